The first-order chi connectivity index (χ1) is 17.8. The molecule has 3 rings (SSSR count). The number of hydrogen-bond acceptors (Lipinski definition) is 5. The Labute approximate surface area is 229 Å². The van der Waals surface area contributed by atoms with E-state index in [0.717, 1.165) is 54.7 Å². The molecule has 38 heavy (non-hydrogen) atoms. The molecular formula is C29H43F2NO5S. The van der Waals surface area contributed by atoms with E-state index in [9.17, 15) is 23.5 Å². The number of thioether (sulfide) groups is 1. The van der Waals surface area contributed by atoms with Crippen LogP contribution in [0.3, 0.4) is 0 Å². The molecule has 6 nitrogen and oxygen atoms in total. The van der Waals surface area contributed by atoms with E-state index >= 15 is 0 Å². The second kappa shape index (κ2) is 13.4. The van der Waals surface area contributed by atoms with Crippen molar-refractivity contribution >= 4 is 23.8 Å². The monoisotopic (exact) mass is 555 g/mol. The van der Waals surface area contributed by atoms with Gasteiger partial charge >= 0.3 is 12.1 Å². The summed E-state index contributed by atoms with van der Waals surface area (Å²) in [6, 6.07) is 5.80. The zero-order chi connectivity index (χ0) is 27.9. The van der Waals surface area contributed by atoms with Crippen LogP contribution in [-0.4, -0.2) is 58.0 Å². The van der Waals surface area contributed by atoms with Gasteiger partial charge in [-0.05, 0) is 90.3 Å². The molecule has 0 unspecified atom stereocenters. The van der Waals surface area contributed by atoms with E-state index in [1.54, 1.807) is 16.7 Å². The number of amides is 1. The Bertz CT molecular complexity index is 941. The molecule has 214 valence electrons. The molecule has 2 fully saturated rings. The molecule has 1 amide bonds. The molecule has 2 saturated carbocycles. The van der Waals surface area contributed by atoms with Gasteiger partial charge in [0.15, 0.2) is 0 Å². The van der Waals surface area contributed by atoms with Gasteiger partial charge in [-0.1, -0.05) is 12.5 Å². The summed E-state index contributed by atoms with van der Waals surface area (Å²) in [6.07, 6.45) is 4.61. The molecule has 2 aliphatic carbocycles. The highest BCUT2D eigenvalue weighted by Gasteiger charge is 2.39. The summed E-state index contributed by atoms with van der Waals surface area (Å²) in [5.41, 5.74) is 0.436. The molecule has 1 aromatic rings. The minimum absolute atomic E-state index is 0.0520. The molecule has 1 aromatic carbocycles. The minimum Gasteiger partial charge on any atom is -0.492 e. The molecule has 0 aliphatic heterocycles. The van der Waals surface area contributed by atoms with Crippen molar-refractivity contribution in [2.24, 2.45) is 5.92 Å². The number of nitrogens with zero attached hydrogens (tertiary/aromatic N) is 1. The number of benzene rings is 1. The standard InChI is InChI=1S/C29H43F2NO5S/c1-20-11-12-25(38-24-10-8-9-22(24)26(33)34)23(19-20)36-18-7-5-6-17-32(27(35)37-28(2,3)4)21-13-15-29(30,31)16-14-21/h11-12,19,21-22,24H,5-10,13-18H2,1-4H3,(H,33,34)/t22-,24-/m0/s1. The predicted molar refractivity (Wildman–Crippen MR) is 145 cm³/mol. The molecule has 0 saturated heterocycles. The lowest BCUT2D eigenvalue weighted by atomic mass is 9.91. The number of carboxylic acids is 1. The van der Waals surface area contributed by atoms with Gasteiger partial charge in [-0.2, -0.15) is 0 Å². The third kappa shape index (κ3) is 9.31. The lowest BCUT2D eigenvalue weighted by Crippen LogP contribution is -2.46. The van der Waals surface area contributed by atoms with Crippen LogP contribution in [0.15, 0.2) is 23.1 Å². The van der Waals surface area contributed by atoms with Gasteiger partial charge in [0.1, 0.15) is 11.4 Å². The van der Waals surface area contributed by atoms with Gasteiger partial charge in [0.25, 0.3) is 0 Å². The number of aryl methyl sites for hydroxylation is 1. The van der Waals surface area contributed by atoms with Crippen molar-refractivity contribution in [3.05, 3.63) is 23.8 Å². The fourth-order valence-electron chi connectivity index (χ4n) is 5.16. The van der Waals surface area contributed by atoms with E-state index in [1.807, 2.05) is 45.9 Å². The number of rotatable bonds is 11. The van der Waals surface area contributed by atoms with Crippen molar-refractivity contribution in [3.8, 4) is 5.75 Å². The second-order valence-corrected chi connectivity index (χ2v) is 12.9. The number of ether oxygens (including phenoxy) is 2. The fourth-order valence-corrected chi connectivity index (χ4v) is 6.57. The predicted octanol–water partition coefficient (Wildman–Crippen LogP) is 7.70. The van der Waals surface area contributed by atoms with Gasteiger partial charge in [0.2, 0.25) is 5.92 Å². The zero-order valence-corrected chi connectivity index (χ0v) is 24.0. The first-order valence-corrected chi connectivity index (χ1v) is 14.7. The second-order valence-electron chi connectivity index (χ2n) is 11.7. The fraction of sp³-hybridized carbons (Fsp3) is 0.724. The molecule has 0 aromatic heterocycles. The van der Waals surface area contributed by atoms with E-state index in [2.05, 4.69) is 0 Å². The Hall–Kier alpha value is -2.03. The number of halogens is 2. The van der Waals surface area contributed by atoms with Gasteiger partial charge in [-0.25, -0.2) is 13.6 Å². The van der Waals surface area contributed by atoms with Gasteiger partial charge < -0.3 is 19.5 Å². The largest absolute Gasteiger partial charge is 0.492 e. The zero-order valence-electron chi connectivity index (χ0n) is 23.1. The first-order valence-electron chi connectivity index (χ1n) is 13.8. The van der Waals surface area contributed by atoms with E-state index in [-0.39, 0.29) is 42.9 Å². The minimum atomic E-state index is -2.65. The van der Waals surface area contributed by atoms with Gasteiger partial charge in [0.05, 0.1) is 12.5 Å². The molecule has 1 N–H and O–H groups in total. The third-order valence-electron chi connectivity index (χ3n) is 7.20. The van der Waals surface area contributed by atoms with E-state index in [0.29, 0.717) is 13.2 Å². The summed E-state index contributed by atoms with van der Waals surface area (Å²) in [6.45, 7) is 8.40. The molecule has 2 atom stereocenters. The lowest BCUT2D eigenvalue weighted by Gasteiger charge is -2.37. The Morgan fingerprint density at radius 1 is 1.11 bits per heavy atom. The highest BCUT2D eigenvalue weighted by molar-refractivity contribution is 8.00. The average molecular weight is 556 g/mol. The number of carbonyl (C=O) groups excluding carboxylic acids is 1. The van der Waals surface area contributed by atoms with E-state index in [4.69, 9.17) is 9.47 Å². The maximum absolute atomic E-state index is 13.7. The Morgan fingerprint density at radius 3 is 2.47 bits per heavy atom. The van der Waals surface area contributed by atoms with E-state index < -0.39 is 23.6 Å². The summed E-state index contributed by atoms with van der Waals surface area (Å²) < 4.78 is 39.1. The smallest absolute Gasteiger partial charge is 0.410 e. The number of alkyl halides is 2. The van der Waals surface area contributed by atoms with Crippen LogP contribution in [0, 0.1) is 12.8 Å². The normalized spacial score (nSPS) is 21.7. The van der Waals surface area contributed by atoms with Crippen LogP contribution in [0.2, 0.25) is 0 Å². The van der Waals surface area contributed by atoms with Crippen LogP contribution in [-0.2, 0) is 9.53 Å². The lowest BCUT2D eigenvalue weighted by molar-refractivity contribution is -0.141. The quantitative estimate of drug-likeness (QED) is 0.282. The number of carbonyl (C=O) groups is 2. The number of carboxylic acid groups (broad SMARTS) is 1. The molecule has 0 bridgehead atoms. The van der Waals surface area contributed by atoms with Gasteiger partial charge in [-0.15, -0.1) is 11.8 Å². The highest BCUT2D eigenvalue weighted by Crippen LogP contribution is 2.42. The van der Waals surface area contributed by atoms with Crippen molar-refractivity contribution in [2.45, 2.75) is 120 Å². The topological polar surface area (TPSA) is 76.1 Å². The molecule has 2 aliphatic rings. The van der Waals surface area contributed by atoms with Crippen LogP contribution < -0.4 is 4.74 Å². The summed E-state index contributed by atoms with van der Waals surface area (Å²) in [5.74, 6) is -2.91. The summed E-state index contributed by atoms with van der Waals surface area (Å²) in [7, 11) is 0. The van der Waals surface area contributed by atoms with Crippen LogP contribution >= 0.6 is 11.8 Å². The average Bonchev–Trinajstić information content (AvgIpc) is 3.28. The van der Waals surface area contributed by atoms with Crippen molar-refractivity contribution in [2.75, 3.05) is 13.2 Å². The summed E-state index contributed by atoms with van der Waals surface area (Å²) >= 11 is 1.60. The van der Waals surface area contributed by atoms with Crippen LogP contribution in [0.25, 0.3) is 0 Å². The maximum Gasteiger partial charge on any atom is 0.410 e. The first kappa shape index (κ1) is 30.5. The maximum atomic E-state index is 13.7. The molecule has 9 heteroatoms. The number of unbranched alkanes of at least 4 members (excludes halogenated alkanes) is 2. The van der Waals surface area contributed by atoms with Crippen molar-refractivity contribution in [1.82, 2.24) is 4.90 Å². The molecule has 0 radical (unpaired) electrons. The van der Waals surface area contributed by atoms with Gasteiger partial charge in [-0.3, -0.25) is 4.79 Å². The molecular weight excluding hydrogens is 512 g/mol. The van der Waals surface area contributed by atoms with Crippen molar-refractivity contribution < 1.29 is 33.0 Å². The van der Waals surface area contributed by atoms with Crippen LogP contribution in [0.1, 0.15) is 90.5 Å². The van der Waals surface area contributed by atoms with Gasteiger partial charge in [0, 0.05) is 35.6 Å². The number of aliphatic carboxylic acids is 1. The Kier molecular flexibility index (Phi) is 10.7. The number of hydrogen-bond donors (Lipinski definition) is 1. The van der Waals surface area contributed by atoms with Crippen molar-refractivity contribution in [1.29, 1.82) is 0 Å². The molecule has 0 heterocycles. The third-order valence-corrected chi connectivity index (χ3v) is 8.66. The summed E-state index contributed by atoms with van der Waals surface area (Å²) in [4.78, 5) is 27.1. The van der Waals surface area contributed by atoms with Crippen LogP contribution in [0.5, 0.6) is 5.75 Å². The van der Waals surface area contributed by atoms with Crippen LogP contribution in [0.4, 0.5) is 13.6 Å². The van der Waals surface area contributed by atoms with Crippen molar-refractivity contribution in [3.63, 3.8) is 0 Å². The Balaban J connectivity index is 1.50. The molecule has 0 spiro atoms. The SMILES string of the molecule is Cc1ccc(S[C@H]2CCC[C@@H]2C(=O)O)c(OCCCCCN(C(=O)OC(C)(C)C)C2CCC(F)(F)CC2)c1. The van der Waals surface area contributed by atoms with E-state index in [1.165, 1.54) is 0 Å². The Morgan fingerprint density at radius 2 is 1.82 bits per heavy atom. The highest BCUT2D eigenvalue weighted by atomic mass is 32.2. The summed E-state index contributed by atoms with van der Waals surface area (Å²) in [5, 5.41) is 9.58.